The fourth-order valence-corrected chi connectivity index (χ4v) is 3.25. The lowest BCUT2D eigenvalue weighted by Crippen LogP contribution is -2.26. The molecule has 0 radical (unpaired) electrons. The molecule has 0 saturated carbocycles. The van der Waals surface area contributed by atoms with E-state index in [4.69, 9.17) is 9.47 Å². The van der Waals surface area contributed by atoms with Crippen LogP contribution in [0.25, 0.3) is 0 Å². The van der Waals surface area contributed by atoms with Crippen molar-refractivity contribution in [2.75, 3.05) is 18.1 Å². The van der Waals surface area contributed by atoms with E-state index in [0.717, 1.165) is 29.3 Å². The van der Waals surface area contributed by atoms with Crippen LogP contribution < -0.4 is 9.64 Å². The van der Waals surface area contributed by atoms with Crippen LogP contribution in [0.1, 0.15) is 36.7 Å². The average molecular weight is 402 g/mol. The number of carbonyl (C=O) groups excluding carboxylic acids is 1. The van der Waals surface area contributed by atoms with Crippen LogP contribution in [-0.2, 0) is 10.2 Å². The van der Waals surface area contributed by atoms with E-state index in [9.17, 15) is 4.79 Å². The molecule has 0 aromatic heterocycles. The number of benzene rings is 3. The fourth-order valence-electron chi connectivity index (χ4n) is 3.25. The molecule has 0 N–H and O–H groups in total. The van der Waals surface area contributed by atoms with E-state index >= 15 is 0 Å². The number of para-hydroxylation sites is 1. The number of hydrogen-bond donors (Lipinski definition) is 0. The van der Waals surface area contributed by atoms with Gasteiger partial charge in [0.1, 0.15) is 18.5 Å². The predicted molar refractivity (Wildman–Crippen MR) is 120 cm³/mol. The molecule has 3 aromatic rings. The van der Waals surface area contributed by atoms with Gasteiger partial charge in [-0.05, 0) is 47.4 Å². The SMILES string of the molecule is CC(C)(C)c1cc(OCC2CO2)cc(N(C(=O)c2ccccc2)c2ccccc2)c1. The Morgan fingerprint density at radius 3 is 2.20 bits per heavy atom. The van der Waals surface area contributed by atoms with Gasteiger partial charge in [-0.25, -0.2) is 0 Å². The Bertz CT molecular complexity index is 1010. The van der Waals surface area contributed by atoms with Crippen molar-refractivity contribution in [1.82, 2.24) is 0 Å². The van der Waals surface area contributed by atoms with Gasteiger partial charge >= 0.3 is 0 Å². The van der Waals surface area contributed by atoms with Crippen LogP contribution in [0.4, 0.5) is 11.4 Å². The maximum Gasteiger partial charge on any atom is 0.262 e. The van der Waals surface area contributed by atoms with E-state index in [0.29, 0.717) is 12.2 Å². The first-order valence-electron chi connectivity index (χ1n) is 10.3. The van der Waals surface area contributed by atoms with E-state index in [1.165, 1.54) is 0 Å². The van der Waals surface area contributed by atoms with Gasteiger partial charge < -0.3 is 9.47 Å². The van der Waals surface area contributed by atoms with Crippen molar-refractivity contribution in [3.05, 3.63) is 90.0 Å². The highest BCUT2D eigenvalue weighted by atomic mass is 16.6. The molecule has 1 atom stereocenters. The second kappa shape index (κ2) is 8.33. The van der Waals surface area contributed by atoms with Crippen LogP contribution in [0.2, 0.25) is 0 Å². The summed E-state index contributed by atoms with van der Waals surface area (Å²) in [7, 11) is 0. The zero-order chi connectivity index (χ0) is 21.1. The number of epoxide rings is 1. The lowest BCUT2D eigenvalue weighted by atomic mass is 9.86. The van der Waals surface area contributed by atoms with E-state index < -0.39 is 0 Å². The summed E-state index contributed by atoms with van der Waals surface area (Å²) in [5.74, 6) is 0.666. The molecule has 4 nitrogen and oxygen atoms in total. The second-order valence-electron chi connectivity index (χ2n) is 8.57. The van der Waals surface area contributed by atoms with Crippen LogP contribution in [0, 0.1) is 0 Å². The van der Waals surface area contributed by atoms with Gasteiger partial charge in [0.25, 0.3) is 5.91 Å². The molecule has 0 spiro atoms. The van der Waals surface area contributed by atoms with E-state index in [1.807, 2.05) is 66.7 Å². The molecule has 1 fully saturated rings. The van der Waals surface area contributed by atoms with Crippen LogP contribution in [0.15, 0.2) is 78.9 Å². The largest absolute Gasteiger partial charge is 0.491 e. The monoisotopic (exact) mass is 401 g/mol. The molecule has 1 amide bonds. The average Bonchev–Trinajstić information content (AvgIpc) is 3.58. The summed E-state index contributed by atoms with van der Waals surface area (Å²) in [6.45, 7) is 7.74. The summed E-state index contributed by atoms with van der Waals surface area (Å²) >= 11 is 0. The normalized spacial score (nSPS) is 15.5. The zero-order valence-corrected chi connectivity index (χ0v) is 17.7. The topological polar surface area (TPSA) is 42.1 Å². The second-order valence-corrected chi connectivity index (χ2v) is 8.57. The van der Waals surface area contributed by atoms with Gasteiger partial charge in [0.15, 0.2) is 0 Å². The first kappa shape index (κ1) is 20.2. The quantitative estimate of drug-likeness (QED) is 0.495. The summed E-state index contributed by atoms with van der Waals surface area (Å²) < 4.78 is 11.3. The Morgan fingerprint density at radius 1 is 0.967 bits per heavy atom. The standard InChI is InChI=1S/C26H27NO3/c1-26(2,3)20-14-22(16-23(15-20)29-17-24-18-30-24)27(21-12-8-5-9-13-21)25(28)19-10-6-4-7-11-19/h4-16,24H,17-18H2,1-3H3. The van der Waals surface area contributed by atoms with Crippen LogP contribution in [0.5, 0.6) is 5.75 Å². The van der Waals surface area contributed by atoms with E-state index in [1.54, 1.807) is 4.90 Å². The fraction of sp³-hybridized carbons (Fsp3) is 0.269. The number of carbonyl (C=O) groups is 1. The predicted octanol–water partition coefficient (Wildman–Crippen LogP) is 5.74. The van der Waals surface area contributed by atoms with Gasteiger partial charge in [-0.1, -0.05) is 57.2 Å². The summed E-state index contributed by atoms with van der Waals surface area (Å²) in [6.07, 6.45) is 0.169. The van der Waals surface area contributed by atoms with Crippen LogP contribution >= 0.6 is 0 Å². The number of amides is 1. The Morgan fingerprint density at radius 2 is 1.60 bits per heavy atom. The van der Waals surface area contributed by atoms with Crippen molar-refractivity contribution >= 4 is 17.3 Å². The molecule has 30 heavy (non-hydrogen) atoms. The van der Waals surface area contributed by atoms with Crippen molar-refractivity contribution in [3.63, 3.8) is 0 Å². The maximum absolute atomic E-state index is 13.6. The minimum absolute atomic E-state index is 0.0793. The third-order valence-corrected chi connectivity index (χ3v) is 5.09. The van der Waals surface area contributed by atoms with Gasteiger partial charge in [0.05, 0.1) is 12.3 Å². The number of anilines is 2. The molecule has 0 bridgehead atoms. The number of rotatable bonds is 6. The van der Waals surface area contributed by atoms with Gasteiger partial charge in [0.2, 0.25) is 0 Å². The van der Waals surface area contributed by atoms with Gasteiger partial charge in [0, 0.05) is 17.3 Å². The molecule has 1 aliphatic rings. The molecule has 4 heteroatoms. The third-order valence-electron chi connectivity index (χ3n) is 5.09. The van der Waals surface area contributed by atoms with Gasteiger partial charge in [-0.15, -0.1) is 0 Å². The van der Waals surface area contributed by atoms with E-state index in [-0.39, 0.29) is 17.4 Å². The smallest absolute Gasteiger partial charge is 0.262 e. The van der Waals surface area contributed by atoms with Crippen molar-refractivity contribution in [2.45, 2.75) is 32.3 Å². The highest BCUT2D eigenvalue weighted by Crippen LogP contribution is 2.35. The molecule has 0 aliphatic carbocycles. The molecule has 1 aliphatic heterocycles. The molecule has 1 saturated heterocycles. The summed E-state index contributed by atoms with van der Waals surface area (Å²) in [5, 5.41) is 0. The third kappa shape index (κ3) is 4.71. The van der Waals surface area contributed by atoms with Gasteiger partial charge in [-0.3, -0.25) is 9.69 Å². The Balaban J connectivity index is 1.80. The van der Waals surface area contributed by atoms with Crippen LogP contribution in [-0.4, -0.2) is 25.2 Å². The number of nitrogens with zero attached hydrogens (tertiary/aromatic N) is 1. The Kier molecular flexibility index (Phi) is 5.60. The van der Waals surface area contributed by atoms with Crippen molar-refractivity contribution in [2.24, 2.45) is 0 Å². The van der Waals surface area contributed by atoms with Gasteiger partial charge in [-0.2, -0.15) is 0 Å². The Hall–Kier alpha value is -3.11. The van der Waals surface area contributed by atoms with Crippen molar-refractivity contribution in [3.8, 4) is 5.75 Å². The number of ether oxygens (including phenoxy) is 2. The lowest BCUT2D eigenvalue weighted by molar-refractivity contribution is 0.0999. The molecule has 4 rings (SSSR count). The maximum atomic E-state index is 13.6. The molecule has 1 heterocycles. The molecular weight excluding hydrogens is 374 g/mol. The first-order valence-corrected chi connectivity index (χ1v) is 10.3. The molecule has 3 aromatic carbocycles. The Labute approximate surface area is 178 Å². The highest BCUT2D eigenvalue weighted by Gasteiger charge is 2.26. The molecular formula is C26H27NO3. The lowest BCUT2D eigenvalue weighted by Gasteiger charge is -2.27. The first-order chi connectivity index (χ1) is 14.4. The van der Waals surface area contributed by atoms with Crippen molar-refractivity contribution in [1.29, 1.82) is 0 Å². The zero-order valence-electron chi connectivity index (χ0n) is 17.7. The molecule has 1 unspecified atom stereocenters. The molecule has 154 valence electrons. The van der Waals surface area contributed by atoms with E-state index in [2.05, 4.69) is 32.9 Å². The van der Waals surface area contributed by atoms with Crippen LogP contribution in [0.3, 0.4) is 0 Å². The summed E-state index contributed by atoms with van der Waals surface area (Å²) in [5.41, 5.74) is 3.25. The van der Waals surface area contributed by atoms with Crippen molar-refractivity contribution < 1.29 is 14.3 Å². The highest BCUT2D eigenvalue weighted by molar-refractivity contribution is 6.11. The number of hydrogen-bond acceptors (Lipinski definition) is 3. The summed E-state index contributed by atoms with van der Waals surface area (Å²) in [6, 6.07) is 25.2. The minimum atomic E-state index is -0.0949. The summed E-state index contributed by atoms with van der Waals surface area (Å²) in [4.78, 5) is 15.3. The minimum Gasteiger partial charge on any atom is -0.491 e.